The number of hydrogen-bond acceptors (Lipinski definition) is 3. The van der Waals surface area contributed by atoms with Gasteiger partial charge in [0, 0.05) is 0 Å². The lowest BCUT2D eigenvalue weighted by Crippen LogP contribution is -2.09. The standard InChI is InChI=1S/C11H20O3/c1-2-3-4-5-6-7-8-10-9-13-11(12)14-10/h10H,2-9H2,1H3/t10-/m0/s1. The van der Waals surface area contributed by atoms with Crippen LogP contribution in [-0.4, -0.2) is 18.9 Å². The Morgan fingerprint density at radius 3 is 2.57 bits per heavy atom. The lowest BCUT2D eigenvalue weighted by molar-refractivity contribution is 0.115. The first-order chi connectivity index (χ1) is 6.83. The molecule has 3 nitrogen and oxygen atoms in total. The van der Waals surface area contributed by atoms with Crippen LogP contribution in [0, 0.1) is 0 Å². The number of carbonyl (C=O) groups is 1. The summed E-state index contributed by atoms with van der Waals surface area (Å²) in [6.07, 6.45) is 8.12. The smallest absolute Gasteiger partial charge is 0.430 e. The Hall–Kier alpha value is -0.730. The molecule has 1 rings (SSSR count). The van der Waals surface area contributed by atoms with Gasteiger partial charge < -0.3 is 9.47 Å². The van der Waals surface area contributed by atoms with E-state index in [9.17, 15) is 4.79 Å². The minimum Gasteiger partial charge on any atom is -0.430 e. The first-order valence-electron chi connectivity index (χ1n) is 5.66. The molecule has 0 N–H and O–H groups in total. The second kappa shape index (κ2) is 6.68. The summed E-state index contributed by atoms with van der Waals surface area (Å²) in [5.74, 6) is 0. The van der Waals surface area contributed by atoms with Crippen LogP contribution in [0.15, 0.2) is 0 Å². The van der Waals surface area contributed by atoms with E-state index in [4.69, 9.17) is 9.47 Å². The summed E-state index contributed by atoms with van der Waals surface area (Å²) in [7, 11) is 0. The van der Waals surface area contributed by atoms with Crippen molar-refractivity contribution in [1.82, 2.24) is 0 Å². The summed E-state index contributed by atoms with van der Waals surface area (Å²) < 4.78 is 9.63. The van der Waals surface area contributed by atoms with E-state index in [0.29, 0.717) is 6.61 Å². The van der Waals surface area contributed by atoms with Gasteiger partial charge >= 0.3 is 6.16 Å². The number of unbranched alkanes of at least 4 members (excludes halogenated alkanes) is 5. The third-order valence-corrected chi connectivity index (χ3v) is 2.53. The average Bonchev–Trinajstić information content (AvgIpc) is 2.58. The quantitative estimate of drug-likeness (QED) is 0.467. The van der Waals surface area contributed by atoms with E-state index in [1.54, 1.807) is 0 Å². The molecule has 1 atom stereocenters. The molecule has 14 heavy (non-hydrogen) atoms. The molecule has 1 heterocycles. The Morgan fingerprint density at radius 1 is 1.21 bits per heavy atom. The Morgan fingerprint density at radius 2 is 1.93 bits per heavy atom. The van der Waals surface area contributed by atoms with Gasteiger partial charge in [-0.2, -0.15) is 0 Å². The zero-order valence-electron chi connectivity index (χ0n) is 8.96. The van der Waals surface area contributed by atoms with Gasteiger partial charge in [0.15, 0.2) is 0 Å². The second-order valence-electron chi connectivity index (χ2n) is 3.86. The molecular weight excluding hydrogens is 180 g/mol. The van der Waals surface area contributed by atoms with Crippen LogP contribution in [0.1, 0.15) is 51.9 Å². The SMILES string of the molecule is CCCCCCCC[C@H]1COC(=O)O1. The number of cyclic esters (lactones) is 2. The molecule has 0 amide bonds. The lowest BCUT2D eigenvalue weighted by Gasteiger charge is -2.05. The molecule has 1 aliphatic heterocycles. The van der Waals surface area contributed by atoms with E-state index in [-0.39, 0.29) is 6.10 Å². The molecular formula is C11H20O3. The topological polar surface area (TPSA) is 35.5 Å². The number of ether oxygens (including phenoxy) is 2. The maximum absolute atomic E-state index is 10.6. The Labute approximate surface area is 85.8 Å². The molecule has 0 aromatic carbocycles. The predicted molar refractivity (Wildman–Crippen MR) is 54.2 cm³/mol. The zero-order valence-corrected chi connectivity index (χ0v) is 8.96. The highest BCUT2D eigenvalue weighted by atomic mass is 16.8. The largest absolute Gasteiger partial charge is 0.508 e. The van der Waals surface area contributed by atoms with Crippen molar-refractivity contribution in [1.29, 1.82) is 0 Å². The van der Waals surface area contributed by atoms with E-state index in [2.05, 4.69) is 6.92 Å². The van der Waals surface area contributed by atoms with Crippen molar-refractivity contribution in [3.63, 3.8) is 0 Å². The van der Waals surface area contributed by atoms with E-state index in [1.165, 1.54) is 32.1 Å². The van der Waals surface area contributed by atoms with Gasteiger partial charge in [0.2, 0.25) is 0 Å². The Kier molecular flexibility index (Phi) is 5.42. The van der Waals surface area contributed by atoms with E-state index in [0.717, 1.165) is 12.8 Å². The monoisotopic (exact) mass is 200 g/mol. The highest BCUT2D eigenvalue weighted by molar-refractivity contribution is 5.61. The van der Waals surface area contributed by atoms with Crippen LogP contribution >= 0.6 is 0 Å². The molecule has 1 aliphatic rings. The minimum atomic E-state index is -0.499. The van der Waals surface area contributed by atoms with Crippen LogP contribution in [0.3, 0.4) is 0 Å². The van der Waals surface area contributed by atoms with Crippen LogP contribution in [0.25, 0.3) is 0 Å². The van der Waals surface area contributed by atoms with Crippen molar-refractivity contribution in [3.8, 4) is 0 Å². The number of carbonyl (C=O) groups excluding carboxylic acids is 1. The summed E-state index contributed by atoms with van der Waals surface area (Å²) in [6.45, 7) is 2.67. The predicted octanol–water partition coefficient (Wildman–Crippen LogP) is 3.27. The highest BCUT2D eigenvalue weighted by Gasteiger charge is 2.23. The van der Waals surface area contributed by atoms with Gasteiger partial charge in [-0.15, -0.1) is 0 Å². The third-order valence-electron chi connectivity index (χ3n) is 2.53. The van der Waals surface area contributed by atoms with Gasteiger partial charge in [-0.3, -0.25) is 0 Å². The van der Waals surface area contributed by atoms with E-state index < -0.39 is 6.16 Å². The molecule has 1 saturated heterocycles. The molecule has 0 spiro atoms. The molecule has 0 aromatic rings. The first-order valence-corrected chi connectivity index (χ1v) is 5.66. The van der Waals surface area contributed by atoms with Crippen molar-refractivity contribution >= 4 is 6.16 Å². The van der Waals surface area contributed by atoms with Gasteiger partial charge in [-0.05, 0) is 12.8 Å². The van der Waals surface area contributed by atoms with Crippen molar-refractivity contribution < 1.29 is 14.3 Å². The van der Waals surface area contributed by atoms with Gasteiger partial charge in [-0.1, -0.05) is 39.0 Å². The Balaban J connectivity index is 1.86. The fraction of sp³-hybridized carbons (Fsp3) is 0.909. The van der Waals surface area contributed by atoms with Crippen LogP contribution in [0.2, 0.25) is 0 Å². The van der Waals surface area contributed by atoms with Crippen molar-refractivity contribution in [3.05, 3.63) is 0 Å². The normalized spacial score (nSPS) is 20.6. The first kappa shape index (κ1) is 11.3. The molecule has 1 fully saturated rings. The summed E-state index contributed by atoms with van der Waals surface area (Å²) >= 11 is 0. The van der Waals surface area contributed by atoms with Gasteiger partial charge in [0.05, 0.1) is 0 Å². The van der Waals surface area contributed by atoms with Crippen molar-refractivity contribution in [2.75, 3.05) is 6.61 Å². The zero-order chi connectivity index (χ0) is 10.2. The van der Waals surface area contributed by atoms with E-state index >= 15 is 0 Å². The maximum Gasteiger partial charge on any atom is 0.508 e. The summed E-state index contributed by atoms with van der Waals surface area (Å²) in [5, 5.41) is 0. The summed E-state index contributed by atoms with van der Waals surface area (Å²) in [6, 6.07) is 0. The van der Waals surface area contributed by atoms with E-state index in [1.807, 2.05) is 0 Å². The molecule has 0 aliphatic carbocycles. The van der Waals surface area contributed by atoms with Crippen LogP contribution in [-0.2, 0) is 9.47 Å². The number of rotatable bonds is 7. The second-order valence-corrected chi connectivity index (χ2v) is 3.86. The molecule has 0 aromatic heterocycles. The van der Waals surface area contributed by atoms with Crippen LogP contribution < -0.4 is 0 Å². The number of hydrogen-bond donors (Lipinski definition) is 0. The summed E-state index contributed by atoms with van der Waals surface area (Å²) in [5.41, 5.74) is 0. The third kappa shape index (κ3) is 4.49. The minimum absolute atomic E-state index is 0.0219. The van der Waals surface area contributed by atoms with Gasteiger partial charge in [-0.25, -0.2) is 4.79 Å². The molecule has 82 valence electrons. The molecule has 3 heteroatoms. The summed E-state index contributed by atoms with van der Waals surface area (Å²) in [4.78, 5) is 10.6. The average molecular weight is 200 g/mol. The molecule has 0 saturated carbocycles. The van der Waals surface area contributed by atoms with Crippen molar-refractivity contribution in [2.45, 2.75) is 58.0 Å². The van der Waals surface area contributed by atoms with Crippen LogP contribution in [0.4, 0.5) is 4.79 Å². The van der Waals surface area contributed by atoms with Crippen molar-refractivity contribution in [2.24, 2.45) is 0 Å². The van der Waals surface area contributed by atoms with Crippen LogP contribution in [0.5, 0.6) is 0 Å². The Bertz CT molecular complexity index is 168. The van der Waals surface area contributed by atoms with Gasteiger partial charge in [0.25, 0.3) is 0 Å². The molecule has 0 unspecified atom stereocenters. The fourth-order valence-corrected chi connectivity index (χ4v) is 1.66. The van der Waals surface area contributed by atoms with Gasteiger partial charge in [0.1, 0.15) is 12.7 Å². The highest BCUT2D eigenvalue weighted by Crippen LogP contribution is 2.14. The fourth-order valence-electron chi connectivity index (χ4n) is 1.66. The molecule has 0 bridgehead atoms. The maximum atomic E-state index is 10.6. The lowest BCUT2D eigenvalue weighted by atomic mass is 10.1. The molecule has 0 radical (unpaired) electrons.